The van der Waals surface area contributed by atoms with Crippen molar-refractivity contribution in [2.24, 2.45) is 0 Å². The van der Waals surface area contributed by atoms with Gasteiger partial charge in [0.15, 0.2) is 11.7 Å². The highest BCUT2D eigenvalue weighted by atomic mass is 16.5. The van der Waals surface area contributed by atoms with Crippen LogP contribution in [0.25, 0.3) is 0 Å². The van der Waals surface area contributed by atoms with E-state index in [1.165, 1.54) is 0 Å². The third-order valence-corrected chi connectivity index (χ3v) is 4.24. The van der Waals surface area contributed by atoms with E-state index in [0.29, 0.717) is 0 Å². The Morgan fingerprint density at radius 1 is 0.727 bits per heavy atom. The summed E-state index contributed by atoms with van der Waals surface area (Å²) >= 11 is 0. The van der Waals surface area contributed by atoms with Gasteiger partial charge in [0.1, 0.15) is 5.75 Å². The first-order valence-corrected chi connectivity index (χ1v) is 7.39. The molecule has 2 heteroatoms. The van der Waals surface area contributed by atoms with E-state index in [2.05, 4.69) is 0 Å². The predicted molar refractivity (Wildman–Crippen MR) is 85.7 cm³/mol. The maximum atomic E-state index is 11.6. The Bertz CT molecular complexity index is 783. The fourth-order valence-electron chi connectivity index (χ4n) is 3.17. The molecule has 3 aromatic rings. The first-order valence-electron chi connectivity index (χ1n) is 7.39. The topological polar surface area (TPSA) is 29.5 Å². The van der Waals surface area contributed by atoms with Gasteiger partial charge >= 0.3 is 0 Å². The third kappa shape index (κ3) is 1.85. The van der Waals surface area contributed by atoms with Crippen LogP contribution in [0.2, 0.25) is 0 Å². The number of para-hydroxylation sites is 1. The molecule has 0 amide bonds. The number of aliphatic hydroxyl groups is 1. The highest BCUT2D eigenvalue weighted by Gasteiger charge is 2.49. The SMILES string of the molecule is OC1(c2ccccc2)c2ccccc2OC1c1ccccc1. The van der Waals surface area contributed by atoms with Crippen molar-refractivity contribution >= 4 is 0 Å². The van der Waals surface area contributed by atoms with Crippen LogP contribution < -0.4 is 4.74 Å². The molecule has 1 aliphatic rings. The summed E-state index contributed by atoms with van der Waals surface area (Å²) in [6.45, 7) is 0. The fraction of sp³-hybridized carbons (Fsp3) is 0.100. The van der Waals surface area contributed by atoms with Gasteiger partial charge in [-0.1, -0.05) is 78.9 Å². The maximum Gasteiger partial charge on any atom is 0.161 e. The van der Waals surface area contributed by atoms with Gasteiger partial charge in [0.25, 0.3) is 0 Å². The lowest BCUT2D eigenvalue weighted by Gasteiger charge is -2.30. The van der Waals surface area contributed by atoms with Gasteiger partial charge in [0.05, 0.1) is 0 Å². The molecule has 0 saturated carbocycles. The summed E-state index contributed by atoms with van der Waals surface area (Å²) in [7, 11) is 0. The molecule has 0 radical (unpaired) electrons. The number of rotatable bonds is 2. The van der Waals surface area contributed by atoms with E-state index in [-0.39, 0.29) is 0 Å². The van der Waals surface area contributed by atoms with Crippen molar-refractivity contribution in [2.45, 2.75) is 11.7 Å². The van der Waals surface area contributed by atoms with Gasteiger partial charge < -0.3 is 9.84 Å². The van der Waals surface area contributed by atoms with Crippen LogP contribution in [0, 0.1) is 0 Å². The molecule has 0 spiro atoms. The molecule has 2 unspecified atom stereocenters. The molecule has 1 N–H and O–H groups in total. The van der Waals surface area contributed by atoms with Crippen LogP contribution in [0.1, 0.15) is 22.8 Å². The molecule has 3 aromatic carbocycles. The lowest BCUT2D eigenvalue weighted by molar-refractivity contribution is -0.00725. The zero-order valence-electron chi connectivity index (χ0n) is 12.0. The van der Waals surface area contributed by atoms with Crippen LogP contribution in [0.5, 0.6) is 5.75 Å². The molecule has 4 rings (SSSR count). The van der Waals surface area contributed by atoms with Crippen molar-refractivity contribution in [3.63, 3.8) is 0 Å². The van der Waals surface area contributed by atoms with Gasteiger partial charge in [-0.05, 0) is 17.2 Å². The molecule has 0 saturated heterocycles. The predicted octanol–water partition coefficient (Wildman–Crippen LogP) is 4.06. The maximum absolute atomic E-state index is 11.6. The van der Waals surface area contributed by atoms with Crippen LogP contribution in [0.3, 0.4) is 0 Å². The number of ether oxygens (including phenoxy) is 1. The summed E-state index contributed by atoms with van der Waals surface area (Å²) in [5, 5.41) is 11.6. The first-order chi connectivity index (χ1) is 10.8. The second kappa shape index (κ2) is 5.00. The Balaban J connectivity index is 1.94. The lowest BCUT2D eigenvalue weighted by atomic mass is 9.80. The standard InChI is InChI=1S/C20H16O2/c21-20(16-11-5-2-6-12-16)17-13-7-8-14-18(17)22-19(20)15-9-3-1-4-10-15/h1-14,19,21H. The third-order valence-electron chi connectivity index (χ3n) is 4.24. The second-order valence-corrected chi connectivity index (χ2v) is 5.54. The Kier molecular flexibility index (Phi) is 2.98. The highest BCUT2D eigenvalue weighted by molar-refractivity contribution is 5.51. The summed E-state index contributed by atoms with van der Waals surface area (Å²) in [5.41, 5.74) is 1.44. The second-order valence-electron chi connectivity index (χ2n) is 5.54. The molecule has 1 heterocycles. The number of fused-ring (bicyclic) bond motifs is 1. The van der Waals surface area contributed by atoms with Crippen molar-refractivity contribution in [3.8, 4) is 5.75 Å². The molecular formula is C20H16O2. The van der Waals surface area contributed by atoms with Crippen LogP contribution in [-0.2, 0) is 5.60 Å². The normalized spacial score (nSPS) is 22.9. The molecule has 0 bridgehead atoms. The number of hydrogen-bond donors (Lipinski definition) is 1. The van der Waals surface area contributed by atoms with Gasteiger partial charge in [-0.3, -0.25) is 0 Å². The Hall–Kier alpha value is -2.58. The molecule has 0 aromatic heterocycles. The van der Waals surface area contributed by atoms with E-state index in [0.717, 1.165) is 22.4 Å². The molecule has 2 nitrogen and oxygen atoms in total. The first kappa shape index (κ1) is 13.1. The Morgan fingerprint density at radius 3 is 2.05 bits per heavy atom. The van der Waals surface area contributed by atoms with Crippen LogP contribution in [0.15, 0.2) is 84.9 Å². The Labute approximate surface area is 129 Å². The van der Waals surface area contributed by atoms with E-state index >= 15 is 0 Å². The van der Waals surface area contributed by atoms with Crippen molar-refractivity contribution in [1.82, 2.24) is 0 Å². The molecule has 0 fully saturated rings. The van der Waals surface area contributed by atoms with Gasteiger partial charge in [-0.25, -0.2) is 0 Å². The molecule has 22 heavy (non-hydrogen) atoms. The van der Waals surface area contributed by atoms with Crippen molar-refractivity contribution in [2.75, 3.05) is 0 Å². The fourth-order valence-corrected chi connectivity index (χ4v) is 3.17. The average molecular weight is 288 g/mol. The molecule has 2 atom stereocenters. The van der Waals surface area contributed by atoms with E-state index in [1.54, 1.807) is 0 Å². The minimum Gasteiger partial charge on any atom is -0.482 e. The minimum absolute atomic E-state index is 0.450. The summed E-state index contributed by atoms with van der Waals surface area (Å²) < 4.78 is 6.11. The largest absolute Gasteiger partial charge is 0.482 e. The molecule has 108 valence electrons. The van der Waals surface area contributed by atoms with E-state index in [9.17, 15) is 5.11 Å². The van der Waals surface area contributed by atoms with Crippen molar-refractivity contribution in [1.29, 1.82) is 0 Å². The van der Waals surface area contributed by atoms with E-state index in [1.807, 2.05) is 84.9 Å². The average Bonchev–Trinajstić information content (AvgIpc) is 2.91. The molecule has 1 aliphatic heterocycles. The van der Waals surface area contributed by atoms with Crippen molar-refractivity contribution in [3.05, 3.63) is 102 Å². The minimum atomic E-state index is -1.18. The quantitative estimate of drug-likeness (QED) is 0.770. The zero-order chi connectivity index (χ0) is 15.0. The summed E-state index contributed by atoms with van der Waals surface area (Å²) in [4.78, 5) is 0. The van der Waals surface area contributed by atoms with E-state index < -0.39 is 11.7 Å². The molecular weight excluding hydrogens is 272 g/mol. The summed E-state index contributed by atoms with van der Waals surface area (Å²) in [5.74, 6) is 0.739. The van der Waals surface area contributed by atoms with Gasteiger partial charge in [-0.15, -0.1) is 0 Å². The summed E-state index contributed by atoms with van der Waals surface area (Å²) in [6.07, 6.45) is -0.450. The number of hydrogen-bond acceptors (Lipinski definition) is 2. The van der Waals surface area contributed by atoms with Crippen LogP contribution >= 0.6 is 0 Å². The number of benzene rings is 3. The summed E-state index contributed by atoms with van der Waals surface area (Å²) in [6, 6.07) is 27.3. The molecule has 0 aliphatic carbocycles. The van der Waals surface area contributed by atoms with Crippen LogP contribution in [-0.4, -0.2) is 5.11 Å². The van der Waals surface area contributed by atoms with Gasteiger partial charge in [0, 0.05) is 5.56 Å². The Morgan fingerprint density at radius 2 is 1.32 bits per heavy atom. The smallest absolute Gasteiger partial charge is 0.161 e. The monoisotopic (exact) mass is 288 g/mol. The lowest BCUT2D eigenvalue weighted by Crippen LogP contribution is -2.32. The van der Waals surface area contributed by atoms with E-state index in [4.69, 9.17) is 4.74 Å². The highest BCUT2D eigenvalue weighted by Crippen LogP contribution is 2.52. The van der Waals surface area contributed by atoms with Crippen molar-refractivity contribution < 1.29 is 9.84 Å². The zero-order valence-corrected chi connectivity index (χ0v) is 12.0. The van der Waals surface area contributed by atoms with Gasteiger partial charge in [0.2, 0.25) is 0 Å². The van der Waals surface area contributed by atoms with Gasteiger partial charge in [-0.2, -0.15) is 0 Å². The van der Waals surface area contributed by atoms with Crippen LogP contribution in [0.4, 0.5) is 0 Å².